The Morgan fingerprint density at radius 1 is 1.23 bits per heavy atom. The highest BCUT2D eigenvalue weighted by Gasteiger charge is 2.11. The summed E-state index contributed by atoms with van der Waals surface area (Å²) in [7, 11) is -3.90. The van der Waals surface area contributed by atoms with Gasteiger partial charge in [0.15, 0.2) is 0 Å². The minimum Gasteiger partial charge on any atom is -0.361 e. The standard InChI is InChI=1S/C15H18N3O3P/c16-18-15-9-7-14(8-10-15)17-13-5-3-12(4-6-13)2-1-11-22(19,20)21/h3-9,17H,1-2,10-11H2,(H2,19,20,21). The largest absolute Gasteiger partial charge is 0.361 e. The van der Waals surface area contributed by atoms with E-state index in [9.17, 15) is 4.57 Å². The zero-order valence-corrected chi connectivity index (χ0v) is 12.9. The van der Waals surface area contributed by atoms with Crippen LogP contribution in [0.2, 0.25) is 0 Å². The van der Waals surface area contributed by atoms with Crippen molar-refractivity contribution in [1.29, 1.82) is 0 Å². The summed E-state index contributed by atoms with van der Waals surface area (Å²) in [4.78, 5) is 20.8. The van der Waals surface area contributed by atoms with E-state index in [1.54, 1.807) is 6.08 Å². The molecule has 0 unspecified atom stereocenters. The van der Waals surface area contributed by atoms with Crippen molar-refractivity contribution < 1.29 is 19.1 Å². The molecule has 1 aliphatic carbocycles. The second-order valence-electron chi connectivity index (χ2n) is 5.10. The van der Waals surface area contributed by atoms with Crippen molar-refractivity contribution in [1.82, 2.24) is 0 Å². The fraction of sp³-hybridized carbons (Fsp3) is 0.267. The molecule has 1 aliphatic rings. The molecular formula is C15H18N3O3P. The van der Waals surface area contributed by atoms with E-state index in [1.165, 1.54) is 0 Å². The molecule has 0 heterocycles. The Bertz CT molecular complexity index is 682. The smallest absolute Gasteiger partial charge is 0.325 e. The lowest BCUT2D eigenvalue weighted by atomic mass is 10.1. The number of nitrogens with zero attached hydrogens (tertiary/aromatic N) is 2. The number of rotatable bonds is 6. The average Bonchev–Trinajstić information content (AvgIpc) is 2.49. The van der Waals surface area contributed by atoms with E-state index in [0.29, 0.717) is 25.0 Å². The van der Waals surface area contributed by atoms with Crippen LogP contribution in [0.5, 0.6) is 0 Å². The van der Waals surface area contributed by atoms with Crippen LogP contribution in [0.4, 0.5) is 5.69 Å². The fourth-order valence-corrected chi connectivity index (χ4v) is 2.68. The van der Waals surface area contributed by atoms with Crippen molar-refractivity contribution in [2.45, 2.75) is 19.3 Å². The predicted molar refractivity (Wildman–Crippen MR) is 85.8 cm³/mol. The minimum atomic E-state index is -3.90. The third kappa shape index (κ3) is 5.43. The molecule has 0 aliphatic heterocycles. The van der Waals surface area contributed by atoms with Crippen LogP contribution in [0.25, 0.3) is 5.53 Å². The molecule has 1 aromatic carbocycles. The molecule has 0 saturated carbocycles. The normalized spacial score (nSPS) is 14.5. The number of anilines is 1. The number of benzene rings is 1. The van der Waals surface area contributed by atoms with Gasteiger partial charge in [0, 0.05) is 17.5 Å². The second-order valence-corrected chi connectivity index (χ2v) is 6.88. The Labute approximate surface area is 129 Å². The maximum absolute atomic E-state index is 10.8. The van der Waals surface area contributed by atoms with E-state index in [0.717, 1.165) is 16.9 Å². The first-order valence-corrected chi connectivity index (χ1v) is 8.76. The first kappa shape index (κ1) is 16.4. The van der Waals surface area contributed by atoms with Crippen LogP contribution in [-0.2, 0) is 11.0 Å². The molecule has 0 aromatic heterocycles. The van der Waals surface area contributed by atoms with Gasteiger partial charge >= 0.3 is 7.60 Å². The molecule has 7 heteroatoms. The van der Waals surface area contributed by atoms with Gasteiger partial charge in [-0.25, -0.2) is 0 Å². The van der Waals surface area contributed by atoms with Gasteiger partial charge in [-0.3, -0.25) is 4.57 Å². The predicted octanol–water partition coefficient (Wildman–Crippen LogP) is 2.72. The summed E-state index contributed by atoms with van der Waals surface area (Å²) < 4.78 is 10.8. The summed E-state index contributed by atoms with van der Waals surface area (Å²) >= 11 is 0. The van der Waals surface area contributed by atoms with E-state index in [1.807, 2.05) is 36.4 Å². The molecule has 0 amide bonds. The fourth-order valence-electron chi connectivity index (χ4n) is 2.11. The highest BCUT2D eigenvalue weighted by Crippen LogP contribution is 2.35. The third-order valence-corrected chi connectivity index (χ3v) is 4.17. The van der Waals surface area contributed by atoms with Gasteiger partial charge in [0.05, 0.1) is 12.6 Å². The van der Waals surface area contributed by atoms with Crippen molar-refractivity contribution in [3.63, 3.8) is 0 Å². The molecule has 3 N–H and O–H groups in total. The lowest BCUT2D eigenvalue weighted by Crippen LogP contribution is -2.04. The molecule has 0 saturated heterocycles. The molecule has 0 fully saturated rings. The highest BCUT2D eigenvalue weighted by atomic mass is 31.2. The number of nitrogens with one attached hydrogen (secondary N) is 1. The van der Waals surface area contributed by atoms with Crippen LogP contribution in [0.15, 0.2) is 48.2 Å². The van der Waals surface area contributed by atoms with E-state index >= 15 is 0 Å². The lowest BCUT2D eigenvalue weighted by Gasteiger charge is -2.10. The van der Waals surface area contributed by atoms with E-state index in [4.69, 9.17) is 15.3 Å². The average molecular weight is 319 g/mol. The Hall–Kier alpha value is -1.97. The number of aryl methyl sites for hydroxylation is 1. The van der Waals surface area contributed by atoms with Crippen LogP contribution in [0.3, 0.4) is 0 Å². The van der Waals surface area contributed by atoms with Crippen molar-refractivity contribution in [2.75, 3.05) is 11.5 Å². The lowest BCUT2D eigenvalue weighted by molar-refractivity contribution is -0.00540. The van der Waals surface area contributed by atoms with Gasteiger partial charge in [-0.15, -0.1) is 0 Å². The van der Waals surface area contributed by atoms with E-state index < -0.39 is 7.60 Å². The summed E-state index contributed by atoms with van der Waals surface area (Å²) in [6.45, 7) is 0. The highest BCUT2D eigenvalue weighted by molar-refractivity contribution is 7.51. The first-order chi connectivity index (χ1) is 10.5. The van der Waals surface area contributed by atoms with Gasteiger partial charge in [0.25, 0.3) is 5.71 Å². The molecule has 0 atom stereocenters. The topological polar surface area (TPSA) is 106 Å². The molecule has 6 nitrogen and oxygen atoms in total. The SMILES string of the molecule is [N-]=[N+]=C1C=CC(Nc2ccc(CCCP(=O)(O)O)cc2)=CC1. The van der Waals surface area contributed by atoms with Gasteiger partial charge < -0.3 is 20.6 Å². The molecule has 2 rings (SSSR count). The number of allylic oxidation sites excluding steroid dienone is 3. The van der Waals surface area contributed by atoms with Crippen LogP contribution >= 0.6 is 7.60 Å². The van der Waals surface area contributed by atoms with Gasteiger partial charge in [-0.2, -0.15) is 4.79 Å². The molecule has 0 radical (unpaired) electrons. The summed E-state index contributed by atoms with van der Waals surface area (Å²) in [5, 5.41) is 3.25. The van der Waals surface area contributed by atoms with Gasteiger partial charge in [0.2, 0.25) is 0 Å². The quantitative estimate of drug-likeness (QED) is 0.426. The Balaban J connectivity index is 1.87. The summed E-state index contributed by atoms with van der Waals surface area (Å²) in [5.41, 5.74) is 12.2. The molecule has 22 heavy (non-hydrogen) atoms. The van der Waals surface area contributed by atoms with Crippen LogP contribution < -0.4 is 5.32 Å². The van der Waals surface area contributed by atoms with E-state index in [2.05, 4.69) is 10.1 Å². The Morgan fingerprint density at radius 3 is 2.50 bits per heavy atom. The second kappa shape index (κ2) is 7.34. The Kier molecular flexibility index (Phi) is 5.47. The summed E-state index contributed by atoms with van der Waals surface area (Å²) in [6.07, 6.45) is 7.13. The van der Waals surface area contributed by atoms with Gasteiger partial charge in [-0.05, 0) is 42.7 Å². The first-order valence-electron chi connectivity index (χ1n) is 6.96. The van der Waals surface area contributed by atoms with Crippen molar-refractivity contribution >= 4 is 19.0 Å². The van der Waals surface area contributed by atoms with Crippen molar-refractivity contribution in [3.05, 3.63) is 59.3 Å². The Morgan fingerprint density at radius 2 is 1.95 bits per heavy atom. The van der Waals surface area contributed by atoms with Gasteiger partial charge in [-0.1, -0.05) is 12.1 Å². The summed E-state index contributed by atoms with van der Waals surface area (Å²) in [6, 6.07) is 7.74. The van der Waals surface area contributed by atoms with Crippen LogP contribution in [0, 0.1) is 0 Å². The number of hydrogen-bond acceptors (Lipinski definition) is 2. The molecule has 116 valence electrons. The molecule has 0 spiro atoms. The maximum atomic E-state index is 10.8. The van der Waals surface area contributed by atoms with Crippen LogP contribution in [0.1, 0.15) is 18.4 Å². The van der Waals surface area contributed by atoms with Crippen molar-refractivity contribution in [3.8, 4) is 0 Å². The van der Waals surface area contributed by atoms with E-state index in [-0.39, 0.29) is 6.16 Å². The number of hydrogen-bond donors (Lipinski definition) is 3. The maximum Gasteiger partial charge on any atom is 0.325 e. The van der Waals surface area contributed by atoms with Crippen molar-refractivity contribution in [2.24, 2.45) is 0 Å². The summed E-state index contributed by atoms with van der Waals surface area (Å²) in [5.74, 6) is 0. The zero-order valence-electron chi connectivity index (χ0n) is 12.0. The minimum absolute atomic E-state index is 0.0839. The zero-order chi connectivity index (χ0) is 16.0. The third-order valence-electron chi connectivity index (χ3n) is 3.27. The molecule has 0 bridgehead atoms. The molecular weight excluding hydrogens is 301 g/mol. The van der Waals surface area contributed by atoms with Crippen LogP contribution in [-0.4, -0.2) is 26.5 Å². The molecule has 1 aromatic rings. The monoisotopic (exact) mass is 319 g/mol. The van der Waals surface area contributed by atoms with Gasteiger partial charge in [0.1, 0.15) is 0 Å².